The summed E-state index contributed by atoms with van der Waals surface area (Å²) in [6, 6.07) is 12.3. The molecule has 0 heterocycles. The van der Waals surface area contributed by atoms with Gasteiger partial charge in [0.15, 0.2) is 0 Å². The first-order valence-electron chi connectivity index (χ1n) is 9.25. The molecule has 1 aliphatic carbocycles. The Labute approximate surface area is 161 Å². The van der Waals surface area contributed by atoms with Crippen molar-refractivity contribution in [1.82, 2.24) is 4.90 Å². The van der Waals surface area contributed by atoms with Crippen LogP contribution in [0.4, 0.5) is 5.69 Å². The lowest BCUT2D eigenvalue weighted by Crippen LogP contribution is -2.35. The lowest BCUT2D eigenvalue weighted by Gasteiger charge is -2.24. The van der Waals surface area contributed by atoms with Crippen molar-refractivity contribution in [2.45, 2.75) is 50.5 Å². The van der Waals surface area contributed by atoms with Crippen molar-refractivity contribution in [1.29, 1.82) is 0 Å². The van der Waals surface area contributed by atoms with E-state index in [0.717, 1.165) is 31.2 Å². The van der Waals surface area contributed by atoms with Gasteiger partial charge < -0.3 is 4.90 Å². The van der Waals surface area contributed by atoms with Gasteiger partial charge in [0.1, 0.15) is 0 Å². The van der Waals surface area contributed by atoms with Crippen LogP contribution in [0.5, 0.6) is 0 Å². The normalized spacial score (nSPS) is 14.9. The lowest BCUT2D eigenvalue weighted by atomic mass is 10.1. The van der Waals surface area contributed by atoms with E-state index < -0.39 is 10.0 Å². The summed E-state index contributed by atoms with van der Waals surface area (Å²) in [5, 5.41) is 0. The molecule has 1 fully saturated rings. The third-order valence-corrected chi connectivity index (χ3v) is 6.74. The number of amides is 1. The molecular weight excluding hydrogens is 360 g/mol. The van der Waals surface area contributed by atoms with Gasteiger partial charge >= 0.3 is 0 Å². The van der Waals surface area contributed by atoms with Gasteiger partial charge in [-0.15, -0.1) is 0 Å². The van der Waals surface area contributed by atoms with Crippen molar-refractivity contribution in [3.63, 3.8) is 0 Å². The largest absolute Gasteiger partial charge is 0.339 e. The zero-order valence-electron chi connectivity index (χ0n) is 16.0. The molecule has 1 saturated carbocycles. The van der Waals surface area contributed by atoms with E-state index in [4.69, 9.17) is 0 Å². The second-order valence-electron chi connectivity index (χ2n) is 7.31. The Hall–Kier alpha value is -2.34. The van der Waals surface area contributed by atoms with Crippen LogP contribution in [0.2, 0.25) is 0 Å². The predicted octanol–water partition coefficient (Wildman–Crippen LogP) is 4.12. The zero-order valence-corrected chi connectivity index (χ0v) is 16.8. The first kappa shape index (κ1) is 19.4. The minimum Gasteiger partial charge on any atom is -0.339 e. The van der Waals surface area contributed by atoms with Gasteiger partial charge in [-0.1, -0.05) is 36.6 Å². The quantitative estimate of drug-likeness (QED) is 0.841. The second kappa shape index (κ2) is 7.72. The smallest absolute Gasteiger partial charge is 0.262 e. The summed E-state index contributed by atoms with van der Waals surface area (Å²) in [6.07, 6.45) is 4.29. The molecule has 1 aliphatic rings. The number of sulfonamides is 1. The number of aryl methyl sites for hydroxylation is 2. The van der Waals surface area contributed by atoms with Crippen LogP contribution in [-0.4, -0.2) is 32.3 Å². The number of carbonyl (C=O) groups is 1. The molecule has 0 saturated heterocycles. The summed E-state index contributed by atoms with van der Waals surface area (Å²) in [5.74, 6) is -0.131. The predicted molar refractivity (Wildman–Crippen MR) is 108 cm³/mol. The molecule has 0 spiro atoms. The van der Waals surface area contributed by atoms with Crippen molar-refractivity contribution in [3.8, 4) is 0 Å². The first-order valence-corrected chi connectivity index (χ1v) is 10.7. The van der Waals surface area contributed by atoms with Crippen LogP contribution in [0.1, 0.15) is 47.2 Å². The fourth-order valence-corrected chi connectivity index (χ4v) is 4.85. The summed E-state index contributed by atoms with van der Waals surface area (Å²) >= 11 is 0. The molecule has 1 N–H and O–H groups in total. The molecule has 6 heteroatoms. The number of carbonyl (C=O) groups excluding carboxylic acids is 1. The Kier molecular flexibility index (Phi) is 5.56. The summed E-state index contributed by atoms with van der Waals surface area (Å²) < 4.78 is 28.3. The second-order valence-corrected chi connectivity index (χ2v) is 8.96. The molecule has 0 atom stereocenters. The molecule has 0 unspecified atom stereocenters. The van der Waals surface area contributed by atoms with Crippen molar-refractivity contribution >= 4 is 21.6 Å². The number of rotatable bonds is 5. The van der Waals surface area contributed by atoms with Gasteiger partial charge in [-0.2, -0.15) is 0 Å². The van der Waals surface area contributed by atoms with Gasteiger partial charge in [-0.05, 0) is 56.5 Å². The molecule has 1 amide bonds. The minimum absolute atomic E-state index is 0.131. The Morgan fingerprint density at radius 1 is 1.04 bits per heavy atom. The topological polar surface area (TPSA) is 66.5 Å². The standard InChI is InChI=1S/C21H26N2O3S/c1-15-8-12-18(13-9-15)22-27(25,26)20-14-17(11-10-16(20)2)21(24)23(3)19-6-4-5-7-19/h8-14,19,22H,4-7H2,1-3H3. The molecule has 3 rings (SSSR count). The Bertz CT molecular complexity index is 930. The van der Waals surface area contributed by atoms with Crippen LogP contribution < -0.4 is 4.72 Å². The molecule has 0 aromatic heterocycles. The van der Waals surface area contributed by atoms with Gasteiger partial charge in [0.05, 0.1) is 4.90 Å². The van der Waals surface area contributed by atoms with Crippen molar-refractivity contribution < 1.29 is 13.2 Å². The maximum absolute atomic E-state index is 12.9. The molecular formula is C21H26N2O3S. The monoisotopic (exact) mass is 386 g/mol. The van der Waals surface area contributed by atoms with E-state index in [0.29, 0.717) is 16.8 Å². The number of hydrogen-bond acceptors (Lipinski definition) is 3. The van der Waals surface area contributed by atoms with E-state index in [9.17, 15) is 13.2 Å². The maximum Gasteiger partial charge on any atom is 0.262 e. The molecule has 2 aromatic carbocycles. The molecule has 2 aromatic rings. The van der Waals surface area contributed by atoms with Crippen LogP contribution in [0.15, 0.2) is 47.4 Å². The van der Waals surface area contributed by atoms with Gasteiger partial charge in [-0.3, -0.25) is 9.52 Å². The van der Waals surface area contributed by atoms with Crippen molar-refractivity contribution in [2.24, 2.45) is 0 Å². The van der Waals surface area contributed by atoms with E-state index in [-0.39, 0.29) is 16.8 Å². The number of nitrogens with one attached hydrogen (secondary N) is 1. The van der Waals surface area contributed by atoms with E-state index >= 15 is 0 Å². The number of hydrogen-bond donors (Lipinski definition) is 1. The lowest BCUT2D eigenvalue weighted by molar-refractivity contribution is 0.0735. The number of nitrogens with zero attached hydrogens (tertiary/aromatic N) is 1. The summed E-state index contributed by atoms with van der Waals surface area (Å²) in [6.45, 7) is 3.68. The van der Waals surface area contributed by atoms with Gasteiger partial charge in [-0.25, -0.2) is 8.42 Å². The average Bonchev–Trinajstić information content (AvgIpc) is 3.17. The van der Waals surface area contributed by atoms with Gasteiger partial charge in [0, 0.05) is 24.3 Å². The summed E-state index contributed by atoms with van der Waals surface area (Å²) in [7, 11) is -1.98. The number of benzene rings is 2. The van der Waals surface area contributed by atoms with Gasteiger partial charge in [0.25, 0.3) is 15.9 Å². The van der Waals surface area contributed by atoms with Crippen LogP contribution in [-0.2, 0) is 10.0 Å². The highest BCUT2D eigenvalue weighted by Crippen LogP contribution is 2.26. The van der Waals surface area contributed by atoms with Crippen molar-refractivity contribution in [3.05, 3.63) is 59.2 Å². The van der Waals surface area contributed by atoms with Crippen LogP contribution in [0.3, 0.4) is 0 Å². The molecule has 0 radical (unpaired) electrons. The third kappa shape index (κ3) is 4.33. The Morgan fingerprint density at radius 2 is 1.67 bits per heavy atom. The van der Waals surface area contributed by atoms with Crippen LogP contribution >= 0.6 is 0 Å². The van der Waals surface area contributed by atoms with Crippen LogP contribution in [0, 0.1) is 13.8 Å². The van der Waals surface area contributed by atoms with Crippen molar-refractivity contribution in [2.75, 3.05) is 11.8 Å². The molecule has 0 bridgehead atoms. The maximum atomic E-state index is 12.9. The van der Waals surface area contributed by atoms with Gasteiger partial charge in [0.2, 0.25) is 0 Å². The average molecular weight is 387 g/mol. The third-order valence-electron chi connectivity index (χ3n) is 5.22. The molecule has 5 nitrogen and oxygen atoms in total. The summed E-state index contributed by atoms with van der Waals surface area (Å²) in [5.41, 5.74) is 2.56. The first-order chi connectivity index (χ1) is 12.8. The highest BCUT2D eigenvalue weighted by molar-refractivity contribution is 7.92. The minimum atomic E-state index is -3.78. The number of anilines is 1. The highest BCUT2D eigenvalue weighted by atomic mass is 32.2. The summed E-state index contributed by atoms with van der Waals surface area (Å²) in [4.78, 5) is 14.7. The van der Waals surface area contributed by atoms with E-state index in [1.54, 1.807) is 43.1 Å². The highest BCUT2D eigenvalue weighted by Gasteiger charge is 2.26. The molecule has 27 heavy (non-hydrogen) atoms. The van der Waals surface area contributed by atoms with E-state index in [2.05, 4.69) is 4.72 Å². The Balaban J connectivity index is 1.87. The van der Waals surface area contributed by atoms with E-state index in [1.807, 2.05) is 19.1 Å². The Morgan fingerprint density at radius 3 is 2.30 bits per heavy atom. The van der Waals surface area contributed by atoms with Crippen LogP contribution in [0.25, 0.3) is 0 Å². The molecule has 144 valence electrons. The fourth-order valence-electron chi connectivity index (χ4n) is 3.52. The zero-order chi connectivity index (χ0) is 19.6. The fraction of sp³-hybridized carbons (Fsp3) is 0.381. The molecule has 0 aliphatic heterocycles. The van der Waals surface area contributed by atoms with E-state index in [1.165, 1.54) is 6.07 Å². The SMILES string of the molecule is Cc1ccc(NS(=O)(=O)c2cc(C(=O)N(C)C3CCCC3)ccc2C)cc1.